The van der Waals surface area contributed by atoms with Gasteiger partial charge in [-0.2, -0.15) is 0 Å². The maximum Gasteiger partial charge on any atom is 0.300 e. The lowest BCUT2D eigenvalue weighted by atomic mass is 10.2. The summed E-state index contributed by atoms with van der Waals surface area (Å²) in [7, 11) is 0. The zero-order chi connectivity index (χ0) is 15.0. The summed E-state index contributed by atoms with van der Waals surface area (Å²) in [6.07, 6.45) is 0. The molecular formula is C12H8N4O5. The van der Waals surface area contributed by atoms with Crippen molar-refractivity contribution in [3.63, 3.8) is 0 Å². The smallest absolute Gasteiger partial charge is 0.300 e. The van der Waals surface area contributed by atoms with Gasteiger partial charge in [0.1, 0.15) is 0 Å². The van der Waals surface area contributed by atoms with Gasteiger partial charge in [0, 0.05) is 6.07 Å². The minimum absolute atomic E-state index is 0.00959. The van der Waals surface area contributed by atoms with Crippen LogP contribution in [0.3, 0.4) is 0 Å². The van der Waals surface area contributed by atoms with E-state index >= 15 is 0 Å². The van der Waals surface area contributed by atoms with Gasteiger partial charge < -0.3 is 15.5 Å². The SMILES string of the molecule is O=[N+]([O-])c1ccc(Nc2cccc(O)c2O)c2nonc12. The number of rotatable bonds is 3. The number of phenolic OH excluding ortho intramolecular Hbond substituents is 2. The molecule has 0 atom stereocenters. The molecule has 0 aliphatic rings. The first-order valence-corrected chi connectivity index (χ1v) is 5.75. The Hall–Kier alpha value is -3.36. The van der Waals surface area contributed by atoms with Gasteiger partial charge in [0.25, 0.3) is 0 Å². The van der Waals surface area contributed by atoms with Crippen LogP contribution in [0.5, 0.6) is 11.5 Å². The van der Waals surface area contributed by atoms with Crippen molar-refractivity contribution in [3.8, 4) is 11.5 Å². The van der Waals surface area contributed by atoms with Crippen molar-refractivity contribution in [2.24, 2.45) is 0 Å². The van der Waals surface area contributed by atoms with Gasteiger partial charge in [-0.1, -0.05) is 6.07 Å². The van der Waals surface area contributed by atoms with Gasteiger partial charge >= 0.3 is 5.69 Å². The molecule has 3 aromatic rings. The van der Waals surface area contributed by atoms with Crippen molar-refractivity contribution >= 4 is 28.1 Å². The second kappa shape index (κ2) is 4.63. The second-order valence-corrected chi connectivity index (χ2v) is 4.15. The number of anilines is 2. The lowest BCUT2D eigenvalue weighted by molar-refractivity contribution is -0.383. The van der Waals surface area contributed by atoms with Crippen molar-refractivity contribution in [2.45, 2.75) is 0 Å². The van der Waals surface area contributed by atoms with E-state index < -0.39 is 4.92 Å². The largest absolute Gasteiger partial charge is 0.504 e. The van der Waals surface area contributed by atoms with Crippen molar-refractivity contribution < 1.29 is 19.8 Å². The summed E-state index contributed by atoms with van der Waals surface area (Å²) in [6.45, 7) is 0. The summed E-state index contributed by atoms with van der Waals surface area (Å²) in [4.78, 5) is 10.3. The zero-order valence-electron chi connectivity index (χ0n) is 10.3. The zero-order valence-corrected chi connectivity index (χ0v) is 10.3. The molecule has 0 bridgehead atoms. The first kappa shape index (κ1) is 12.7. The van der Waals surface area contributed by atoms with E-state index in [1.165, 1.54) is 30.3 Å². The van der Waals surface area contributed by atoms with Gasteiger partial charge in [0.05, 0.1) is 16.3 Å². The van der Waals surface area contributed by atoms with Crippen LogP contribution in [0.15, 0.2) is 35.0 Å². The number of nitrogens with zero attached hydrogens (tertiary/aromatic N) is 3. The molecule has 2 aromatic carbocycles. The molecule has 0 fully saturated rings. The van der Waals surface area contributed by atoms with Crippen LogP contribution < -0.4 is 5.32 Å². The molecule has 0 spiro atoms. The number of aromatic hydroxyl groups is 2. The number of hydrogen-bond acceptors (Lipinski definition) is 8. The summed E-state index contributed by atoms with van der Waals surface area (Å²) < 4.78 is 4.53. The number of phenols is 2. The summed E-state index contributed by atoms with van der Waals surface area (Å²) in [5.41, 5.74) is 0.458. The van der Waals surface area contributed by atoms with E-state index in [0.29, 0.717) is 5.69 Å². The summed E-state index contributed by atoms with van der Waals surface area (Å²) >= 11 is 0. The minimum Gasteiger partial charge on any atom is -0.504 e. The normalized spacial score (nSPS) is 10.7. The monoisotopic (exact) mass is 288 g/mol. The Morgan fingerprint density at radius 2 is 1.86 bits per heavy atom. The van der Waals surface area contributed by atoms with Gasteiger partial charge in [-0.15, -0.1) is 0 Å². The molecule has 0 aliphatic carbocycles. The Balaban J connectivity index is 2.10. The van der Waals surface area contributed by atoms with E-state index in [0.717, 1.165) is 0 Å². The third kappa shape index (κ3) is 2.06. The number of benzene rings is 2. The van der Waals surface area contributed by atoms with Crippen LogP contribution in [-0.4, -0.2) is 25.4 Å². The molecule has 0 aliphatic heterocycles. The van der Waals surface area contributed by atoms with E-state index in [1.54, 1.807) is 0 Å². The Kier molecular flexibility index (Phi) is 2.79. The van der Waals surface area contributed by atoms with Crippen molar-refractivity contribution in [1.29, 1.82) is 0 Å². The second-order valence-electron chi connectivity index (χ2n) is 4.15. The number of hydrogen-bond donors (Lipinski definition) is 3. The molecule has 106 valence electrons. The van der Waals surface area contributed by atoms with Crippen molar-refractivity contribution in [2.75, 3.05) is 5.32 Å². The number of para-hydroxylation sites is 1. The minimum atomic E-state index is -0.595. The number of nitro groups is 1. The highest BCUT2D eigenvalue weighted by Crippen LogP contribution is 2.37. The molecule has 21 heavy (non-hydrogen) atoms. The lowest BCUT2D eigenvalue weighted by Gasteiger charge is -2.09. The van der Waals surface area contributed by atoms with Crippen LogP contribution in [-0.2, 0) is 0 Å². The molecule has 0 radical (unpaired) electrons. The molecule has 1 aromatic heterocycles. The third-order valence-electron chi connectivity index (χ3n) is 2.87. The first-order chi connectivity index (χ1) is 10.1. The molecule has 0 unspecified atom stereocenters. The van der Waals surface area contributed by atoms with Crippen LogP contribution in [0.2, 0.25) is 0 Å². The lowest BCUT2D eigenvalue weighted by Crippen LogP contribution is -1.95. The molecule has 0 saturated carbocycles. The Bertz CT molecular complexity index is 845. The Morgan fingerprint density at radius 1 is 1.10 bits per heavy atom. The molecular weight excluding hydrogens is 280 g/mol. The fourth-order valence-electron chi connectivity index (χ4n) is 1.88. The van der Waals surface area contributed by atoms with Gasteiger partial charge in [0.2, 0.25) is 5.52 Å². The van der Waals surface area contributed by atoms with Crippen LogP contribution in [0.1, 0.15) is 0 Å². The molecule has 0 saturated heterocycles. The first-order valence-electron chi connectivity index (χ1n) is 5.75. The van der Waals surface area contributed by atoms with Crippen molar-refractivity contribution in [1.82, 2.24) is 10.3 Å². The number of nitro benzene ring substituents is 1. The van der Waals surface area contributed by atoms with Crippen LogP contribution >= 0.6 is 0 Å². The topological polar surface area (TPSA) is 135 Å². The molecule has 3 N–H and O–H groups in total. The highest BCUT2D eigenvalue weighted by atomic mass is 16.6. The predicted molar refractivity (Wildman–Crippen MR) is 71.5 cm³/mol. The Morgan fingerprint density at radius 3 is 2.62 bits per heavy atom. The number of non-ortho nitro benzene ring substituents is 1. The summed E-state index contributed by atoms with van der Waals surface area (Å²) in [5.74, 6) is -0.642. The molecule has 3 rings (SSSR count). The summed E-state index contributed by atoms with van der Waals surface area (Å²) in [5, 5.41) is 40.0. The average molecular weight is 288 g/mol. The summed E-state index contributed by atoms with van der Waals surface area (Å²) in [6, 6.07) is 7.03. The predicted octanol–water partition coefficient (Wildman–Crippen LogP) is 2.29. The van der Waals surface area contributed by atoms with Crippen LogP contribution in [0.4, 0.5) is 17.1 Å². The van der Waals surface area contributed by atoms with Gasteiger partial charge in [-0.3, -0.25) is 10.1 Å². The molecule has 9 nitrogen and oxygen atoms in total. The highest BCUT2D eigenvalue weighted by molar-refractivity contribution is 5.95. The maximum atomic E-state index is 10.9. The van der Waals surface area contributed by atoms with Crippen LogP contribution in [0, 0.1) is 10.1 Å². The number of fused-ring (bicyclic) bond motifs is 1. The van der Waals surface area contributed by atoms with E-state index in [9.17, 15) is 20.3 Å². The standard InChI is InChI=1S/C12H8N4O5/c17-9-3-1-2-7(12(9)18)13-6-4-5-8(16(19)20)11-10(6)14-21-15-11/h1-5,13,17-18H. The van der Waals surface area contributed by atoms with Crippen LogP contribution in [0.25, 0.3) is 11.0 Å². The molecule has 0 amide bonds. The average Bonchev–Trinajstić information content (AvgIpc) is 2.93. The highest BCUT2D eigenvalue weighted by Gasteiger charge is 2.20. The van der Waals surface area contributed by atoms with E-state index in [2.05, 4.69) is 20.3 Å². The van der Waals surface area contributed by atoms with E-state index in [4.69, 9.17) is 0 Å². The van der Waals surface area contributed by atoms with E-state index in [1.807, 2.05) is 0 Å². The van der Waals surface area contributed by atoms with E-state index in [-0.39, 0.29) is 33.9 Å². The van der Waals surface area contributed by atoms with Gasteiger partial charge in [0.15, 0.2) is 17.0 Å². The van der Waals surface area contributed by atoms with Gasteiger partial charge in [-0.05, 0) is 28.5 Å². The quantitative estimate of drug-likeness (QED) is 0.379. The number of nitrogens with one attached hydrogen (secondary N) is 1. The fraction of sp³-hybridized carbons (Fsp3) is 0. The van der Waals surface area contributed by atoms with Gasteiger partial charge in [-0.25, -0.2) is 4.63 Å². The fourth-order valence-corrected chi connectivity index (χ4v) is 1.88. The third-order valence-corrected chi connectivity index (χ3v) is 2.87. The maximum absolute atomic E-state index is 10.9. The Labute approximate surface area is 116 Å². The molecule has 9 heteroatoms. The van der Waals surface area contributed by atoms with Crippen molar-refractivity contribution in [3.05, 3.63) is 40.4 Å². The molecule has 1 heterocycles. The number of aromatic nitrogens is 2.